The van der Waals surface area contributed by atoms with Gasteiger partial charge in [0, 0.05) is 5.39 Å². The van der Waals surface area contributed by atoms with Crippen LogP contribution in [0.4, 0.5) is 0 Å². The first-order valence-corrected chi connectivity index (χ1v) is 4.82. The summed E-state index contributed by atoms with van der Waals surface area (Å²) < 4.78 is 1.51. The van der Waals surface area contributed by atoms with Gasteiger partial charge in [-0.25, -0.2) is 14.5 Å². The molecule has 0 amide bonds. The highest BCUT2D eigenvalue weighted by atomic mass is 16.4. The Morgan fingerprint density at radius 3 is 2.88 bits per heavy atom. The maximum absolute atomic E-state index is 10.8. The van der Waals surface area contributed by atoms with Crippen molar-refractivity contribution in [3.8, 4) is 0 Å². The molecule has 6 nitrogen and oxygen atoms in total. The largest absolute Gasteiger partial charge is 0.477 e. The molecule has 2 aromatic heterocycles. The van der Waals surface area contributed by atoms with Gasteiger partial charge in [0.05, 0.1) is 18.8 Å². The number of aliphatic hydroxyl groups is 1. The van der Waals surface area contributed by atoms with Crippen molar-refractivity contribution in [2.24, 2.45) is 0 Å². The molecule has 0 aliphatic carbocycles. The lowest BCUT2D eigenvalue weighted by Gasteiger charge is -1.99. The Hall–Kier alpha value is -1.95. The zero-order valence-corrected chi connectivity index (χ0v) is 8.71. The van der Waals surface area contributed by atoms with Gasteiger partial charge in [-0.15, -0.1) is 0 Å². The molecule has 0 spiro atoms. The average Bonchev–Trinajstić information content (AvgIpc) is 2.56. The first kappa shape index (κ1) is 10.6. The molecule has 2 N–H and O–H groups in total. The molecule has 84 valence electrons. The fourth-order valence-corrected chi connectivity index (χ4v) is 1.58. The van der Waals surface area contributed by atoms with Crippen LogP contribution in [0.5, 0.6) is 0 Å². The Morgan fingerprint density at radius 1 is 1.50 bits per heavy atom. The fraction of sp³-hybridized carbons (Fsp3) is 0.300. The summed E-state index contributed by atoms with van der Waals surface area (Å²) in [5, 5.41) is 22.7. The number of carbonyl (C=O) groups is 1. The summed E-state index contributed by atoms with van der Waals surface area (Å²) in [6, 6.07) is 3.13. The molecule has 0 bridgehead atoms. The maximum Gasteiger partial charge on any atom is 0.354 e. The van der Waals surface area contributed by atoms with E-state index in [9.17, 15) is 4.79 Å². The normalized spacial score (nSPS) is 10.9. The SMILES string of the molecule is Cc1nn(CCO)c2nc(C(=O)O)ccc12. The smallest absolute Gasteiger partial charge is 0.354 e. The summed E-state index contributed by atoms with van der Waals surface area (Å²) in [4.78, 5) is 14.8. The van der Waals surface area contributed by atoms with Crippen molar-refractivity contribution in [3.63, 3.8) is 0 Å². The van der Waals surface area contributed by atoms with Crippen LogP contribution in [-0.4, -0.2) is 37.6 Å². The molecule has 0 aliphatic heterocycles. The third-order valence-electron chi connectivity index (χ3n) is 2.31. The highest BCUT2D eigenvalue weighted by Crippen LogP contribution is 2.16. The van der Waals surface area contributed by atoms with Gasteiger partial charge in [-0.05, 0) is 19.1 Å². The molecule has 0 fully saturated rings. The van der Waals surface area contributed by atoms with E-state index < -0.39 is 5.97 Å². The summed E-state index contributed by atoms with van der Waals surface area (Å²) in [7, 11) is 0. The second-order valence-corrected chi connectivity index (χ2v) is 3.40. The second-order valence-electron chi connectivity index (χ2n) is 3.40. The number of fused-ring (bicyclic) bond motifs is 1. The number of aromatic nitrogens is 3. The first-order valence-electron chi connectivity index (χ1n) is 4.82. The third-order valence-corrected chi connectivity index (χ3v) is 2.31. The van der Waals surface area contributed by atoms with Crippen LogP contribution in [0.2, 0.25) is 0 Å². The molecular weight excluding hydrogens is 210 g/mol. The van der Waals surface area contributed by atoms with Gasteiger partial charge in [0.1, 0.15) is 0 Å². The number of hydrogen-bond donors (Lipinski definition) is 2. The molecule has 0 aliphatic rings. The predicted octanol–water partition coefficient (Wildman–Crippen LogP) is 0.430. The zero-order chi connectivity index (χ0) is 11.7. The van der Waals surface area contributed by atoms with E-state index in [1.165, 1.54) is 10.7 Å². The Bertz CT molecular complexity index is 547. The van der Waals surface area contributed by atoms with Gasteiger partial charge >= 0.3 is 5.97 Å². The number of nitrogens with zero attached hydrogens (tertiary/aromatic N) is 3. The number of carboxylic acid groups (broad SMARTS) is 1. The van der Waals surface area contributed by atoms with Crippen LogP contribution in [-0.2, 0) is 6.54 Å². The van der Waals surface area contributed by atoms with Crippen LogP contribution < -0.4 is 0 Å². The van der Waals surface area contributed by atoms with Crippen LogP contribution in [0.25, 0.3) is 11.0 Å². The molecule has 2 aromatic rings. The Balaban J connectivity index is 2.64. The zero-order valence-electron chi connectivity index (χ0n) is 8.71. The molecule has 0 radical (unpaired) electrons. The molecule has 2 heterocycles. The Kier molecular flexibility index (Phi) is 2.57. The van der Waals surface area contributed by atoms with E-state index in [1.807, 2.05) is 6.92 Å². The van der Waals surface area contributed by atoms with E-state index >= 15 is 0 Å². The molecule has 0 saturated carbocycles. The lowest BCUT2D eigenvalue weighted by Crippen LogP contribution is -2.07. The van der Waals surface area contributed by atoms with E-state index in [0.717, 1.165) is 11.1 Å². The van der Waals surface area contributed by atoms with Gasteiger partial charge < -0.3 is 10.2 Å². The number of aryl methyl sites for hydroxylation is 1. The number of aromatic carboxylic acids is 1. The highest BCUT2D eigenvalue weighted by molar-refractivity contribution is 5.89. The molecule has 0 unspecified atom stereocenters. The molecule has 2 rings (SSSR count). The van der Waals surface area contributed by atoms with Crippen molar-refractivity contribution < 1.29 is 15.0 Å². The van der Waals surface area contributed by atoms with Gasteiger partial charge in [-0.3, -0.25) is 0 Å². The molecule has 6 heteroatoms. The fourth-order valence-electron chi connectivity index (χ4n) is 1.58. The minimum absolute atomic E-state index is 0.0217. The van der Waals surface area contributed by atoms with Gasteiger partial charge in [-0.2, -0.15) is 5.10 Å². The van der Waals surface area contributed by atoms with Crippen LogP contribution in [0.3, 0.4) is 0 Å². The van der Waals surface area contributed by atoms with Crippen molar-refractivity contribution in [2.45, 2.75) is 13.5 Å². The second kappa shape index (κ2) is 3.90. The number of pyridine rings is 1. The number of rotatable bonds is 3. The lowest BCUT2D eigenvalue weighted by molar-refractivity contribution is 0.0691. The van der Waals surface area contributed by atoms with Crippen molar-refractivity contribution in [1.82, 2.24) is 14.8 Å². The summed E-state index contributed by atoms with van der Waals surface area (Å²) >= 11 is 0. The Labute approximate surface area is 91.1 Å². The van der Waals surface area contributed by atoms with Crippen molar-refractivity contribution in [3.05, 3.63) is 23.5 Å². The third kappa shape index (κ3) is 1.63. The maximum atomic E-state index is 10.8. The summed E-state index contributed by atoms with van der Waals surface area (Å²) in [5.41, 5.74) is 1.24. The van der Waals surface area contributed by atoms with E-state index in [1.54, 1.807) is 6.07 Å². The van der Waals surface area contributed by atoms with E-state index in [0.29, 0.717) is 12.2 Å². The molecular formula is C10H11N3O3. The quantitative estimate of drug-likeness (QED) is 0.784. The van der Waals surface area contributed by atoms with Gasteiger partial charge in [0.25, 0.3) is 0 Å². The lowest BCUT2D eigenvalue weighted by atomic mass is 10.2. The van der Waals surface area contributed by atoms with Gasteiger partial charge in [-0.1, -0.05) is 0 Å². The minimum Gasteiger partial charge on any atom is -0.477 e. The van der Waals surface area contributed by atoms with Crippen molar-refractivity contribution in [2.75, 3.05) is 6.61 Å². The predicted molar refractivity (Wildman–Crippen MR) is 56.3 cm³/mol. The van der Waals surface area contributed by atoms with E-state index in [-0.39, 0.29) is 12.3 Å². The number of aliphatic hydroxyl groups excluding tert-OH is 1. The highest BCUT2D eigenvalue weighted by Gasteiger charge is 2.12. The topological polar surface area (TPSA) is 88.2 Å². The minimum atomic E-state index is -1.07. The summed E-state index contributed by atoms with van der Waals surface area (Å²) in [6.07, 6.45) is 0. The van der Waals surface area contributed by atoms with Crippen LogP contribution >= 0.6 is 0 Å². The molecule has 16 heavy (non-hydrogen) atoms. The van der Waals surface area contributed by atoms with E-state index in [4.69, 9.17) is 10.2 Å². The monoisotopic (exact) mass is 221 g/mol. The molecule has 0 atom stereocenters. The van der Waals surface area contributed by atoms with Crippen molar-refractivity contribution in [1.29, 1.82) is 0 Å². The van der Waals surface area contributed by atoms with Crippen LogP contribution in [0.1, 0.15) is 16.2 Å². The van der Waals surface area contributed by atoms with E-state index in [2.05, 4.69) is 10.1 Å². The number of hydrogen-bond acceptors (Lipinski definition) is 4. The van der Waals surface area contributed by atoms with Crippen LogP contribution in [0, 0.1) is 6.92 Å². The summed E-state index contributed by atoms with van der Waals surface area (Å²) in [6.45, 7) is 2.06. The van der Waals surface area contributed by atoms with Crippen LogP contribution in [0.15, 0.2) is 12.1 Å². The number of carboxylic acids is 1. The molecule has 0 aromatic carbocycles. The van der Waals surface area contributed by atoms with Crippen molar-refractivity contribution >= 4 is 17.0 Å². The van der Waals surface area contributed by atoms with Gasteiger partial charge in [0.15, 0.2) is 11.3 Å². The summed E-state index contributed by atoms with van der Waals surface area (Å²) in [5.74, 6) is -1.07. The van der Waals surface area contributed by atoms with Gasteiger partial charge in [0.2, 0.25) is 0 Å². The average molecular weight is 221 g/mol. The Morgan fingerprint density at radius 2 is 2.25 bits per heavy atom. The first-order chi connectivity index (χ1) is 7.63. The standard InChI is InChI=1S/C10H11N3O3/c1-6-7-2-3-8(10(15)16)11-9(7)13(12-6)4-5-14/h2-3,14H,4-5H2,1H3,(H,15,16). The molecule has 0 saturated heterocycles.